The second kappa shape index (κ2) is 8.00. The summed E-state index contributed by atoms with van der Waals surface area (Å²) in [4.78, 5) is 13.8. The van der Waals surface area contributed by atoms with E-state index in [0.29, 0.717) is 19.6 Å². The molecular weight excluding hydrogens is 290 g/mol. The van der Waals surface area contributed by atoms with E-state index in [1.165, 1.54) is 18.2 Å². The van der Waals surface area contributed by atoms with E-state index in [1.54, 1.807) is 4.90 Å². The van der Waals surface area contributed by atoms with E-state index in [0.717, 1.165) is 25.0 Å². The monoisotopic (exact) mass is 310 g/mol. The number of halogens is 2. The van der Waals surface area contributed by atoms with Gasteiger partial charge >= 0.3 is 0 Å². The Balaban J connectivity index is 1.98. The maximum absolute atomic E-state index is 13.5. The molecule has 2 rings (SSSR count). The van der Waals surface area contributed by atoms with Crippen LogP contribution in [0.25, 0.3) is 6.08 Å². The number of piperidine rings is 1. The minimum atomic E-state index is -0.690. The number of hydrogen-bond donors (Lipinski definition) is 2. The van der Waals surface area contributed by atoms with Gasteiger partial charge in [0.15, 0.2) is 0 Å². The third-order valence-electron chi connectivity index (χ3n) is 3.67. The van der Waals surface area contributed by atoms with Crippen molar-refractivity contribution in [1.82, 2.24) is 10.2 Å². The summed E-state index contributed by atoms with van der Waals surface area (Å²) in [5, 5.41) is 12.0. The Morgan fingerprint density at radius 2 is 2.14 bits per heavy atom. The van der Waals surface area contributed by atoms with E-state index in [2.05, 4.69) is 5.32 Å². The highest BCUT2D eigenvalue weighted by Crippen LogP contribution is 2.15. The summed E-state index contributed by atoms with van der Waals surface area (Å²) in [5.41, 5.74) is -0.206. The fraction of sp³-hybridized carbons (Fsp3) is 0.438. The van der Waals surface area contributed by atoms with Gasteiger partial charge in [-0.3, -0.25) is 4.79 Å². The van der Waals surface area contributed by atoms with Crippen molar-refractivity contribution in [3.63, 3.8) is 0 Å². The van der Waals surface area contributed by atoms with Gasteiger partial charge in [0.1, 0.15) is 11.6 Å². The minimum Gasteiger partial charge on any atom is -0.395 e. The minimum absolute atomic E-state index is 0.0525. The van der Waals surface area contributed by atoms with Gasteiger partial charge in [-0.05, 0) is 31.1 Å². The van der Waals surface area contributed by atoms with E-state index >= 15 is 0 Å². The van der Waals surface area contributed by atoms with Crippen molar-refractivity contribution in [3.05, 3.63) is 41.5 Å². The van der Waals surface area contributed by atoms with Gasteiger partial charge in [-0.1, -0.05) is 6.07 Å². The average Bonchev–Trinajstić information content (AvgIpc) is 2.52. The molecule has 0 aromatic heterocycles. The maximum atomic E-state index is 13.5. The second-order valence-electron chi connectivity index (χ2n) is 5.27. The van der Waals surface area contributed by atoms with Gasteiger partial charge in [0.2, 0.25) is 5.91 Å². The average molecular weight is 310 g/mol. The van der Waals surface area contributed by atoms with Crippen LogP contribution in [0, 0.1) is 11.6 Å². The first-order valence-corrected chi connectivity index (χ1v) is 7.37. The van der Waals surface area contributed by atoms with E-state index in [9.17, 15) is 13.6 Å². The number of carbonyl (C=O) groups is 1. The molecule has 120 valence electrons. The quantitative estimate of drug-likeness (QED) is 0.812. The van der Waals surface area contributed by atoms with Crippen molar-refractivity contribution in [3.8, 4) is 0 Å². The van der Waals surface area contributed by atoms with Crippen LogP contribution in [0.4, 0.5) is 8.78 Å². The highest BCUT2D eigenvalue weighted by Gasteiger charge is 2.21. The molecule has 0 saturated carbocycles. The van der Waals surface area contributed by atoms with Gasteiger partial charge in [-0.25, -0.2) is 8.78 Å². The zero-order chi connectivity index (χ0) is 15.9. The topological polar surface area (TPSA) is 52.6 Å². The Kier molecular flexibility index (Phi) is 6.03. The Morgan fingerprint density at radius 3 is 2.82 bits per heavy atom. The molecule has 4 nitrogen and oxygen atoms in total. The zero-order valence-electron chi connectivity index (χ0n) is 12.3. The molecule has 1 atom stereocenters. The summed E-state index contributed by atoms with van der Waals surface area (Å²) in [6.45, 7) is 1.70. The van der Waals surface area contributed by atoms with E-state index in [4.69, 9.17) is 5.11 Å². The van der Waals surface area contributed by atoms with Crippen LogP contribution in [-0.2, 0) is 4.79 Å². The highest BCUT2D eigenvalue weighted by atomic mass is 19.1. The molecule has 1 aromatic rings. The van der Waals surface area contributed by atoms with E-state index < -0.39 is 11.6 Å². The molecular formula is C16H20F2N2O2. The number of rotatable bonds is 5. The standard InChI is InChI=1S/C16H20F2N2O2/c17-14-4-1-5-15(18)13(14)6-7-16(22)20-9-2-3-12(11-20)19-8-10-21/h1,4-7,12,19,21H,2-3,8-11H2. The molecule has 1 fully saturated rings. The van der Waals surface area contributed by atoms with Gasteiger partial charge in [0.05, 0.1) is 6.61 Å². The van der Waals surface area contributed by atoms with Crippen LogP contribution in [0.2, 0.25) is 0 Å². The van der Waals surface area contributed by atoms with Crippen LogP contribution in [0.1, 0.15) is 18.4 Å². The SMILES string of the molecule is O=C(C=Cc1c(F)cccc1F)N1CCCC(NCCO)C1. The van der Waals surface area contributed by atoms with Crippen LogP contribution in [0.5, 0.6) is 0 Å². The lowest BCUT2D eigenvalue weighted by Crippen LogP contribution is -2.48. The van der Waals surface area contributed by atoms with Crippen molar-refractivity contribution >= 4 is 12.0 Å². The molecule has 1 amide bonds. The normalized spacial score (nSPS) is 18.9. The summed E-state index contributed by atoms with van der Waals surface area (Å²) < 4.78 is 27.0. The third-order valence-corrected chi connectivity index (χ3v) is 3.67. The molecule has 22 heavy (non-hydrogen) atoms. The molecule has 1 aliphatic rings. The van der Waals surface area contributed by atoms with Crippen molar-refractivity contribution in [1.29, 1.82) is 0 Å². The first kappa shape index (κ1) is 16.6. The number of nitrogens with one attached hydrogen (secondary N) is 1. The summed E-state index contributed by atoms with van der Waals surface area (Å²) in [6, 6.07) is 3.74. The Morgan fingerprint density at radius 1 is 1.41 bits per heavy atom. The molecule has 0 bridgehead atoms. The zero-order valence-corrected chi connectivity index (χ0v) is 12.3. The van der Waals surface area contributed by atoms with Gasteiger partial charge in [-0.2, -0.15) is 0 Å². The Bertz CT molecular complexity index is 529. The van der Waals surface area contributed by atoms with Crippen LogP contribution < -0.4 is 5.32 Å². The first-order chi connectivity index (χ1) is 10.6. The van der Waals surface area contributed by atoms with Crippen molar-refractivity contribution in [2.45, 2.75) is 18.9 Å². The fourth-order valence-corrected chi connectivity index (χ4v) is 2.54. The van der Waals surface area contributed by atoms with Crippen LogP contribution >= 0.6 is 0 Å². The van der Waals surface area contributed by atoms with Gasteiger partial charge in [0.25, 0.3) is 0 Å². The molecule has 0 aliphatic carbocycles. The lowest BCUT2D eigenvalue weighted by atomic mass is 10.1. The molecule has 1 saturated heterocycles. The summed E-state index contributed by atoms with van der Waals surface area (Å²) >= 11 is 0. The van der Waals surface area contributed by atoms with Gasteiger partial charge in [-0.15, -0.1) is 0 Å². The largest absolute Gasteiger partial charge is 0.395 e. The third kappa shape index (κ3) is 4.35. The van der Waals surface area contributed by atoms with Gasteiger partial charge < -0.3 is 15.3 Å². The summed E-state index contributed by atoms with van der Waals surface area (Å²) in [7, 11) is 0. The van der Waals surface area contributed by atoms with E-state index in [1.807, 2.05) is 0 Å². The number of hydrogen-bond acceptors (Lipinski definition) is 3. The molecule has 2 N–H and O–H groups in total. The van der Waals surface area contributed by atoms with E-state index in [-0.39, 0.29) is 24.1 Å². The summed E-state index contributed by atoms with van der Waals surface area (Å²) in [6.07, 6.45) is 4.18. The molecule has 1 heterocycles. The smallest absolute Gasteiger partial charge is 0.246 e. The highest BCUT2D eigenvalue weighted by molar-refractivity contribution is 5.91. The van der Waals surface area contributed by atoms with Crippen molar-refractivity contribution < 1.29 is 18.7 Å². The molecule has 1 aromatic carbocycles. The second-order valence-corrected chi connectivity index (χ2v) is 5.27. The molecule has 6 heteroatoms. The Hall–Kier alpha value is -1.79. The number of nitrogens with zero attached hydrogens (tertiary/aromatic N) is 1. The predicted octanol–water partition coefficient (Wildman–Crippen LogP) is 1.55. The lowest BCUT2D eigenvalue weighted by molar-refractivity contribution is -0.127. The molecule has 0 radical (unpaired) electrons. The number of benzene rings is 1. The first-order valence-electron chi connectivity index (χ1n) is 7.37. The molecule has 1 aliphatic heterocycles. The Labute approximate surface area is 128 Å². The number of amides is 1. The molecule has 0 spiro atoms. The molecule has 1 unspecified atom stereocenters. The number of carbonyl (C=O) groups excluding carboxylic acids is 1. The maximum Gasteiger partial charge on any atom is 0.246 e. The van der Waals surface area contributed by atoms with Crippen LogP contribution in [0.3, 0.4) is 0 Å². The van der Waals surface area contributed by atoms with Crippen molar-refractivity contribution in [2.24, 2.45) is 0 Å². The van der Waals surface area contributed by atoms with Crippen LogP contribution in [-0.4, -0.2) is 48.2 Å². The number of likely N-dealkylation sites (tertiary alicyclic amines) is 1. The van der Waals surface area contributed by atoms with Crippen LogP contribution in [0.15, 0.2) is 24.3 Å². The lowest BCUT2D eigenvalue weighted by Gasteiger charge is -2.32. The number of aliphatic hydroxyl groups is 1. The van der Waals surface area contributed by atoms with Crippen molar-refractivity contribution in [2.75, 3.05) is 26.2 Å². The predicted molar refractivity (Wildman–Crippen MR) is 80.1 cm³/mol. The number of aliphatic hydroxyl groups excluding tert-OH is 1. The summed E-state index contributed by atoms with van der Waals surface area (Å²) in [5.74, 6) is -1.64. The van der Waals surface area contributed by atoms with Gasteiger partial charge in [0, 0.05) is 37.3 Å². The fourth-order valence-electron chi connectivity index (χ4n) is 2.54.